The maximum absolute atomic E-state index is 9.78. The van der Waals surface area contributed by atoms with Crippen LogP contribution in [0.5, 0.6) is 0 Å². The fourth-order valence-electron chi connectivity index (χ4n) is 1.96. The largest absolute Gasteiger partial charge is 0.389 e. The average molecular weight is 269 g/mol. The summed E-state index contributed by atoms with van der Waals surface area (Å²) in [7, 11) is 0. The summed E-state index contributed by atoms with van der Waals surface area (Å²) in [6, 6.07) is 1.90. The van der Waals surface area contributed by atoms with E-state index in [1.54, 1.807) is 6.20 Å². The third kappa shape index (κ3) is 7.97. The van der Waals surface area contributed by atoms with Crippen LogP contribution in [0.3, 0.4) is 0 Å². The first-order valence-corrected chi connectivity index (χ1v) is 7.05. The van der Waals surface area contributed by atoms with Gasteiger partial charge in [0, 0.05) is 25.5 Å². The van der Waals surface area contributed by atoms with Gasteiger partial charge in [0.2, 0.25) is 0 Å². The van der Waals surface area contributed by atoms with Gasteiger partial charge in [-0.2, -0.15) is 5.10 Å². The number of aliphatic hydroxyl groups is 1. The summed E-state index contributed by atoms with van der Waals surface area (Å²) in [6.07, 6.45) is 4.47. The zero-order chi connectivity index (χ0) is 14.1. The van der Waals surface area contributed by atoms with Crippen LogP contribution in [0.4, 0.5) is 0 Å². The Morgan fingerprint density at radius 1 is 1.37 bits per heavy atom. The van der Waals surface area contributed by atoms with Gasteiger partial charge >= 0.3 is 0 Å². The lowest BCUT2D eigenvalue weighted by Crippen LogP contribution is -2.33. The molecule has 0 fully saturated rings. The standard InChI is InChI=1S/C14H27N3O2/c1-12(2)9-13(3)19-11-14(18)10-15-6-8-17-7-4-5-16-17/h4-5,7,12-15,18H,6,8-11H2,1-3H3. The Hall–Kier alpha value is -0.910. The molecule has 1 aromatic heterocycles. The number of nitrogens with one attached hydrogen (secondary N) is 1. The lowest BCUT2D eigenvalue weighted by molar-refractivity contribution is -0.00848. The molecule has 2 atom stereocenters. The summed E-state index contributed by atoms with van der Waals surface area (Å²) in [4.78, 5) is 0. The van der Waals surface area contributed by atoms with Gasteiger partial charge in [0.15, 0.2) is 0 Å². The normalized spacial score (nSPS) is 14.8. The van der Waals surface area contributed by atoms with Gasteiger partial charge in [-0.25, -0.2) is 0 Å². The molecule has 0 saturated carbocycles. The maximum Gasteiger partial charge on any atom is 0.0897 e. The molecule has 5 heteroatoms. The molecule has 2 N–H and O–H groups in total. The van der Waals surface area contributed by atoms with E-state index < -0.39 is 6.10 Å². The monoisotopic (exact) mass is 269 g/mol. The van der Waals surface area contributed by atoms with E-state index in [-0.39, 0.29) is 6.10 Å². The minimum atomic E-state index is -0.452. The second kappa shape index (κ2) is 9.07. The van der Waals surface area contributed by atoms with Gasteiger partial charge in [0.25, 0.3) is 0 Å². The van der Waals surface area contributed by atoms with Gasteiger partial charge in [0.05, 0.1) is 25.4 Å². The Morgan fingerprint density at radius 2 is 2.16 bits per heavy atom. The van der Waals surface area contributed by atoms with Crippen LogP contribution in [0.2, 0.25) is 0 Å². The minimum Gasteiger partial charge on any atom is -0.389 e. The van der Waals surface area contributed by atoms with Gasteiger partial charge in [-0.15, -0.1) is 0 Å². The highest BCUT2D eigenvalue weighted by Crippen LogP contribution is 2.07. The first kappa shape index (κ1) is 16.1. The highest BCUT2D eigenvalue weighted by atomic mass is 16.5. The molecule has 1 rings (SSSR count). The van der Waals surface area contributed by atoms with Crippen molar-refractivity contribution in [2.75, 3.05) is 19.7 Å². The van der Waals surface area contributed by atoms with Crippen LogP contribution in [-0.4, -0.2) is 46.8 Å². The van der Waals surface area contributed by atoms with Crippen LogP contribution in [0.25, 0.3) is 0 Å². The van der Waals surface area contributed by atoms with Crippen molar-refractivity contribution in [2.24, 2.45) is 5.92 Å². The Labute approximate surface area is 116 Å². The summed E-state index contributed by atoms with van der Waals surface area (Å²) >= 11 is 0. The number of ether oxygens (including phenoxy) is 1. The molecule has 1 heterocycles. The zero-order valence-electron chi connectivity index (χ0n) is 12.2. The van der Waals surface area contributed by atoms with E-state index in [1.807, 2.05) is 16.9 Å². The van der Waals surface area contributed by atoms with Gasteiger partial charge in [-0.05, 0) is 25.3 Å². The fraction of sp³-hybridized carbons (Fsp3) is 0.786. The van der Waals surface area contributed by atoms with Crippen molar-refractivity contribution < 1.29 is 9.84 Å². The molecule has 2 unspecified atom stereocenters. The molecular formula is C14H27N3O2. The Bertz CT molecular complexity index is 315. The lowest BCUT2D eigenvalue weighted by atomic mass is 10.1. The molecule has 0 aliphatic carbocycles. The van der Waals surface area contributed by atoms with Crippen LogP contribution >= 0.6 is 0 Å². The lowest BCUT2D eigenvalue weighted by Gasteiger charge is -2.18. The average Bonchev–Trinajstić information content (AvgIpc) is 2.84. The Morgan fingerprint density at radius 3 is 2.79 bits per heavy atom. The smallest absolute Gasteiger partial charge is 0.0897 e. The summed E-state index contributed by atoms with van der Waals surface area (Å²) in [6.45, 7) is 8.95. The number of hydrogen-bond donors (Lipinski definition) is 2. The van der Waals surface area contributed by atoms with Gasteiger partial charge in [-0.1, -0.05) is 13.8 Å². The van der Waals surface area contributed by atoms with Crippen molar-refractivity contribution in [1.29, 1.82) is 0 Å². The molecule has 0 aliphatic rings. The van der Waals surface area contributed by atoms with Crippen molar-refractivity contribution in [3.05, 3.63) is 18.5 Å². The highest BCUT2D eigenvalue weighted by molar-refractivity contribution is 4.77. The summed E-state index contributed by atoms with van der Waals surface area (Å²) in [5.74, 6) is 0.624. The molecular weight excluding hydrogens is 242 g/mol. The summed E-state index contributed by atoms with van der Waals surface area (Å²) in [5.41, 5.74) is 0. The number of aliphatic hydroxyl groups excluding tert-OH is 1. The molecule has 0 radical (unpaired) electrons. The van der Waals surface area contributed by atoms with Gasteiger partial charge in [-0.3, -0.25) is 4.68 Å². The van der Waals surface area contributed by atoms with Crippen LogP contribution in [-0.2, 0) is 11.3 Å². The van der Waals surface area contributed by atoms with Crippen molar-refractivity contribution in [1.82, 2.24) is 15.1 Å². The van der Waals surface area contributed by atoms with Crippen molar-refractivity contribution in [3.8, 4) is 0 Å². The molecule has 0 aromatic carbocycles. The zero-order valence-corrected chi connectivity index (χ0v) is 12.2. The molecule has 110 valence electrons. The van der Waals surface area contributed by atoms with Crippen LogP contribution in [0.15, 0.2) is 18.5 Å². The van der Waals surface area contributed by atoms with Gasteiger partial charge < -0.3 is 15.2 Å². The number of aromatic nitrogens is 2. The highest BCUT2D eigenvalue weighted by Gasteiger charge is 2.09. The third-order valence-electron chi connectivity index (χ3n) is 2.83. The molecule has 0 saturated heterocycles. The number of rotatable bonds is 10. The van der Waals surface area contributed by atoms with Crippen molar-refractivity contribution in [3.63, 3.8) is 0 Å². The predicted molar refractivity (Wildman–Crippen MR) is 76.0 cm³/mol. The van der Waals surface area contributed by atoms with Crippen molar-refractivity contribution in [2.45, 2.75) is 45.9 Å². The van der Waals surface area contributed by atoms with E-state index in [0.29, 0.717) is 19.1 Å². The predicted octanol–water partition coefficient (Wildman–Crippen LogP) is 1.28. The van der Waals surface area contributed by atoms with Crippen molar-refractivity contribution >= 4 is 0 Å². The topological polar surface area (TPSA) is 59.3 Å². The first-order valence-electron chi connectivity index (χ1n) is 7.05. The second-order valence-corrected chi connectivity index (χ2v) is 5.40. The molecule has 19 heavy (non-hydrogen) atoms. The minimum absolute atomic E-state index is 0.207. The number of nitrogens with zero attached hydrogens (tertiary/aromatic N) is 2. The molecule has 0 aliphatic heterocycles. The molecule has 0 amide bonds. The maximum atomic E-state index is 9.78. The Kier molecular flexibility index (Phi) is 7.70. The Balaban J connectivity index is 2.00. The molecule has 0 spiro atoms. The van der Waals surface area contributed by atoms with Crippen LogP contribution in [0, 0.1) is 5.92 Å². The van der Waals surface area contributed by atoms with E-state index in [1.165, 1.54) is 0 Å². The molecule has 1 aromatic rings. The number of hydrogen-bond acceptors (Lipinski definition) is 4. The van der Waals surface area contributed by atoms with Crippen LogP contribution < -0.4 is 5.32 Å². The van der Waals surface area contributed by atoms with Crippen LogP contribution in [0.1, 0.15) is 27.2 Å². The van der Waals surface area contributed by atoms with E-state index >= 15 is 0 Å². The third-order valence-corrected chi connectivity index (χ3v) is 2.83. The fourth-order valence-corrected chi connectivity index (χ4v) is 1.96. The van der Waals surface area contributed by atoms with E-state index in [4.69, 9.17) is 4.74 Å². The molecule has 5 nitrogen and oxygen atoms in total. The molecule has 0 bridgehead atoms. The van der Waals surface area contributed by atoms with E-state index in [0.717, 1.165) is 19.5 Å². The summed E-state index contributed by atoms with van der Waals surface area (Å²) in [5, 5.41) is 17.1. The second-order valence-electron chi connectivity index (χ2n) is 5.40. The van der Waals surface area contributed by atoms with E-state index in [2.05, 4.69) is 31.2 Å². The first-order chi connectivity index (χ1) is 9.08. The van der Waals surface area contributed by atoms with E-state index in [9.17, 15) is 5.11 Å². The quantitative estimate of drug-likeness (QED) is 0.628. The van der Waals surface area contributed by atoms with Gasteiger partial charge in [0.1, 0.15) is 0 Å². The summed E-state index contributed by atoms with van der Waals surface area (Å²) < 4.78 is 7.47. The SMILES string of the molecule is CC(C)CC(C)OCC(O)CNCCn1cccn1.